The van der Waals surface area contributed by atoms with Gasteiger partial charge in [-0.15, -0.1) is 0 Å². The van der Waals surface area contributed by atoms with Crippen LogP contribution in [0.3, 0.4) is 0 Å². The van der Waals surface area contributed by atoms with Gasteiger partial charge in [0.1, 0.15) is 24.1 Å². The summed E-state index contributed by atoms with van der Waals surface area (Å²) in [6.45, 7) is 1.29. The van der Waals surface area contributed by atoms with Crippen molar-refractivity contribution in [1.29, 1.82) is 5.41 Å². The first-order valence-electron chi connectivity index (χ1n) is 10.5. The SMILES string of the molecule is N=Cc1cc(OCC2CCC(C=O)CC2)ccc1OCC1CCC(C=O)CC1. The molecule has 3 rings (SSSR count). The first kappa shape index (κ1) is 20.6. The molecule has 0 atom stereocenters. The number of rotatable bonds is 9. The normalized spacial score (nSPS) is 27.6. The molecule has 1 aromatic carbocycles. The van der Waals surface area contributed by atoms with Crippen molar-refractivity contribution >= 4 is 18.8 Å². The first-order valence-corrected chi connectivity index (χ1v) is 10.5. The lowest BCUT2D eigenvalue weighted by atomic mass is 9.83. The zero-order valence-corrected chi connectivity index (χ0v) is 16.5. The highest BCUT2D eigenvalue weighted by Crippen LogP contribution is 2.31. The summed E-state index contributed by atoms with van der Waals surface area (Å²) in [4.78, 5) is 21.7. The van der Waals surface area contributed by atoms with E-state index in [0.717, 1.165) is 75.3 Å². The molecule has 2 aliphatic rings. The van der Waals surface area contributed by atoms with Crippen LogP contribution in [0.1, 0.15) is 56.9 Å². The average molecular weight is 386 g/mol. The third-order valence-electron chi connectivity index (χ3n) is 6.26. The summed E-state index contributed by atoms with van der Waals surface area (Å²) in [7, 11) is 0. The number of ether oxygens (including phenoxy) is 2. The fraction of sp³-hybridized carbons (Fsp3) is 0.609. The number of hydrogen-bond donors (Lipinski definition) is 1. The van der Waals surface area contributed by atoms with Crippen LogP contribution < -0.4 is 9.47 Å². The molecule has 2 fully saturated rings. The van der Waals surface area contributed by atoms with Gasteiger partial charge in [-0.05, 0) is 81.4 Å². The van der Waals surface area contributed by atoms with Crippen molar-refractivity contribution in [3.05, 3.63) is 23.8 Å². The molecule has 0 aliphatic heterocycles. The van der Waals surface area contributed by atoms with Gasteiger partial charge in [0.2, 0.25) is 0 Å². The molecular formula is C23H31NO4. The summed E-state index contributed by atoms with van der Waals surface area (Å²) in [5, 5.41) is 7.69. The highest BCUT2D eigenvalue weighted by atomic mass is 16.5. The third-order valence-corrected chi connectivity index (χ3v) is 6.26. The van der Waals surface area contributed by atoms with Crippen molar-refractivity contribution in [2.75, 3.05) is 13.2 Å². The smallest absolute Gasteiger partial charge is 0.128 e. The Labute approximate surface area is 167 Å². The zero-order chi connectivity index (χ0) is 19.8. The molecule has 2 aliphatic carbocycles. The Kier molecular flexibility index (Phi) is 7.63. The van der Waals surface area contributed by atoms with Crippen molar-refractivity contribution in [3.63, 3.8) is 0 Å². The lowest BCUT2D eigenvalue weighted by Crippen LogP contribution is -2.21. The van der Waals surface area contributed by atoms with Crippen molar-refractivity contribution in [3.8, 4) is 11.5 Å². The van der Waals surface area contributed by atoms with Crippen LogP contribution in [0.15, 0.2) is 18.2 Å². The maximum Gasteiger partial charge on any atom is 0.128 e. The molecular weight excluding hydrogens is 354 g/mol. The van der Waals surface area contributed by atoms with Gasteiger partial charge in [0.15, 0.2) is 0 Å². The fourth-order valence-corrected chi connectivity index (χ4v) is 4.26. The zero-order valence-electron chi connectivity index (χ0n) is 16.5. The van der Waals surface area contributed by atoms with E-state index in [-0.39, 0.29) is 11.8 Å². The van der Waals surface area contributed by atoms with Crippen LogP contribution >= 0.6 is 0 Å². The Balaban J connectivity index is 1.47. The summed E-state index contributed by atoms with van der Waals surface area (Å²) in [5.74, 6) is 2.90. The minimum absolute atomic E-state index is 0.221. The second-order valence-corrected chi connectivity index (χ2v) is 8.30. The Morgan fingerprint density at radius 1 is 0.821 bits per heavy atom. The van der Waals surface area contributed by atoms with Gasteiger partial charge in [0.05, 0.1) is 13.2 Å². The highest BCUT2D eigenvalue weighted by Gasteiger charge is 2.22. The molecule has 5 heteroatoms. The lowest BCUT2D eigenvalue weighted by molar-refractivity contribution is -0.112. The number of carbonyl (C=O) groups excluding carboxylic acids is 2. The molecule has 0 unspecified atom stereocenters. The van der Waals surface area contributed by atoms with Gasteiger partial charge in [-0.3, -0.25) is 0 Å². The Bertz CT molecular complexity index is 659. The van der Waals surface area contributed by atoms with Gasteiger partial charge in [-0.2, -0.15) is 0 Å². The van der Waals surface area contributed by atoms with Crippen molar-refractivity contribution < 1.29 is 19.1 Å². The molecule has 1 aromatic rings. The molecule has 0 bridgehead atoms. The molecule has 152 valence electrons. The molecule has 1 N–H and O–H groups in total. The van der Waals surface area contributed by atoms with E-state index in [9.17, 15) is 9.59 Å². The average Bonchev–Trinajstić information content (AvgIpc) is 2.77. The van der Waals surface area contributed by atoms with E-state index in [4.69, 9.17) is 14.9 Å². The van der Waals surface area contributed by atoms with E-state index < -0.39 is 0 Å². The molecule has 28 heavy (non-hydrogen) atoms. The monoisotopic (exact) mass is 385 g/mol. The van der Waals surface area contributed by atoms with E-state index in [0.29, 0.717) is 30.8 Å². The molecule has 0 aromatic heterocycles. The molecule has 0 saturated heterocycles. The second kappa shape index (κ2) is 10.4. The van der Waals surface area contributed by atoms with E-state index in [1.807, 2.05) is 18.2 Å². The molecule has 5 nitrogen and oxygen atoms in total. The predicted molar refractivity (Wildman–Crippen MR) is 108 cm³/mol. The van der Waals surface area contributed by atoms with E-state index >= 15 is 0 Å². The number of benzene rings is 1. The molecule has 0 heterocycles. The van der Waals surface area contributed by atoms with Gasteiger partial charge in [0.25, 0.3) is 0 Å². The lowest BCUT2D eigenvalue weighted by Gasteiger charge is -2.26. The van der Waals surface area contributed by atoms with Crippen molar-refractivity contribution in [2.45, 2.75) is 51.4 Å². The minimum atomic E-state index is 0.221. The number of hydrogen-bond acceptors (Lipinski definition) is 5. The molecule has 2 saturated carbocycles. The number of carbonyl (C=O) groups is 2. The summed E-state index contributed by atoms with van der Waals surface area (Å²) >= 11 is 0. The van der Waals surface area contributed by atoms with Crippen LogP contribution in [0.4, 0.5) is 0 Å². The van der Waals surface area contributed by atoms with Gasteiger partial charge < -0.3 is 24.5 Å². The number of aldehydes is 2. The van der Waals surface area contributed by atoms with Crippen molar-refractivity contribution in [2.24, 2.45) is 23.7 Å². The second-order valence-electron chi connectivity index (χ2n) is 8.30. The first-order chi connectivity index (χ1) is 13.7. The maximum absolute atomic E-state index is 10.9. The maximum atomic E-state index is 10.9. The molecule has 0 radical (unpaired) electrons. The van der Waals surface area contributed by atoms with Crippen LogP contribution in [-0.4, -0.2) is 32.0 Å². The Morgan fingerprint density at radius 3 is 1.86 bits per heavy atom. The summed E-state index contributed by atoms with van der Waals surface area (Å²) in [6, 6.07) is 5.65. The molecule has 0 amide bonds. The van der Waals surface area contributed by atoms with E-state index in [1.165, 1.54) is 6.21 Å². The fourth-order valence-electron chi connectivity index (χ4n) is 4.26. The standard InChI is InChI=1S/C23H31NO4/c24-12-21-11-22(27-15-19-5-1-17(13-25)2-6-19)9-10-23(21)28-16-20-7-3-18(14-26)4-8-20/h9-14,17-20,24H,1-8,15-16H2. The van der Waals surface area contributed by atoms with Gasteiger partial charge in [0, 0.05) is 23.6 Å². The largest absolute Gasteiger partial charge is 0.493 e. The quantitative estimate of drug-likeness (QED) is 0.503. The van der Waals surface area contributed by atoms with Crippen LogP contribution in [0.5, 0.6) is 11.5 Å². The van der Waals surface area contributed by atoms with Crippen LogP contribution in [0, 0.1) is 29.1 Å². The highest BCUT2D eigenvalue weighted by molar-refractivity contribution is 5.82. The predicted octanol–water partition coefficient (Wildman–Crippen LogP) is 4.45. The minimum Gasteiger partial charge on any atom is -0.493 e. The van der Waals surface area contributed by atoms with Gasteiger partial charge in [-0.25, -0.2) is 0 Å². The third kappa shape index (κ3) is 5.66. The Morgan fingerprint density at radius 2 is 1.36 bits per heavy atom. The summed E-state index contributed by atoms with van der Waals surface area (Å²) in [6.07, 6.45) is 11.4. The van der Waals surface area contributed by atoms with Crippen LogP contribution in [0.25, 0.3) is 0 Å². The van der Waals surface area contributed by atoms with Gasteiger partial charge in [-0.1, -0.05) is 0 Å². The Hall–Kier alpha value is -2.17. The number of nitrogens with one attached hydrogen (secondary N) is 1. The topological polar surface area (TPSA) is 76.4 Å². The summed E-state index contributed by atoms with van der Waals surface area (Å²) in [5.41, 5.74) is 0.726. The van der Waals surface area contributed by atoms with E-state index in [2.05, 4.69) is 0 Å². The van der Waals surface area contributed by atoms with Crippen LogP contribution in [-0.2, 0) is 9.59 Å². The molecule has 0 spiro atoms. The van der Waals surface area contributed by atoms with Crippen LogP contribution in [0.2, 0.25) is 0 Å². The summed E-state index contributed by atoms with van der Waals surface area (Å²) < 4.78 is 11.9. The van der Waals surface area contributed by atoms with Crippen molar-refractivity contribution in [1.82, 2.24) is 0 Å². The van der Waals surface area contributed by atoms with Gasteiger partial charge >= 0.3 is 0 Å². The van der Waals surface area contributed by atoms with E-state index in [1.54, 1.807) is 0 Å².